The molecule has 0 amide bonds. The van der Waals surface area contributed by atoms with Crippen molar-refractivity contribution in [3.8, 4) is 0 Å². The molecule has 0 spiro atoms. The highest BCUT2D eigenvalue weighted by atomic mass is 35.5. The SMILES string of the molecule is CCNC(COCC)c1cccc(Cl)c1Cl. The molecule has 2 nitrogen and oxygen atoms in total. The van der Waals surface area contributed by atoms with Gasteiger partial charge in [0.25, 0.3) is 0 Å². The van der Waals surface area contributed by atoms with Gasteiger partial charge in [0.1, 0.15) is 0 Å². The van der Waals surface area contributed by atoms with Crippen LogP contribution < -0.4 is 5.32 Å². The van der Waals surface area contributed by atoms with E-state index in [1.54, 1.807) is 6.07 Å². The molecule has 0 fully saturated rings. The molecule has 1 aromatic rings. The monoisotopic (exact) mass is 261 g/mol. The summed E-state index contributed by atoms with van der Waals surface area (Å²) in [5, 5.41) is 4.52. The van der Waals surface area contributed by atoms with E-state index in [-0.39, 0.29) is 6.04 Å². The Morgan fingerprint density at radius 3 is 2.69 bits per heavy atom. The summed E-state index contributed by atoms with van der Waals surface area (Å²) in [4.78, 5) is 0. The molecule has 1 rings (SSSR count). The lowest BCUT2D eigenvalue weighted by Crippen LogP contribution is -2.25. The quantitative estimate of drug-likeness (QED) is 0.844. The minimum Gasteiger partial charge on any atom is -0.380 e. The largest absolute Gasteiger partial charge is 0.380 e. The van der Waals surface area contributed by atoms with Gasteiger partial charge in [-0.15, -0.1) is 0 Å². The fraction of sp³-hybridized carbons (Fsp3) is 0.500. The van der Waals surface area contributed by atoms with Crippen LogP contribution in [0, 0.1) is 0 Å². The van der Waals surface area contributed by atoms with Crippen molar-refractivity contribution in [1.29, 1.82) is 0 Å². The van der Waals surface area contributed by atoms with Crippen molar-refractivity contribution in [3.05, 3.63) is 33.8 Å². The van der Waals surface area contributed by atoms with Gasteiger partial charge in [0.15, 0.2) is 0 Å². The van der Waals surface area contributed by atoms with Crippen LogP contribution in [0.25, 0.3) is 0 Å². The molecule has 0 aliphatic rings. The van der Waals surface area contributed by atoms with Gasteiger partial charge in [0.05, 0.1) is 22.7 Å². The smallest absolute Gasteiger partial charge is 0.0661 e. The van der Waals surface area contributed by atoms with Crippen molar-refractivity contribution >= 4 is 23.2 Å². The van der Waals surface area contributed by atoms with Crippen LogP contribution in [0.4, 0.5) is 0 Å². The van der Waals surface area contributed by atoms with E-state index in [0.717, 1.165) is 12.1 Å². The van der Waals surface area contributed by atoms with E-state index in [1.165, 1.54) is 0 Å². The summed E-state index contributed by atoms with van der Waals surface area (Å²) in [5.74, 6) is 0. The van der Waals surface area contributed by atoms with Crippen LogP contribution in [0.15, 0.2) is 18.2 Å². The molecule has 90 valence electrons. The fourth-order valence-electron chi connectivity index (χ4n) is 1.53. The summed E-state index contributed by atoms with van der Waals surface area (Å²) in [6, 6.07) is 5.76. The second-order valence-corrected chi connectivity index (χ2v) is 4.20. The summed E-state index contributed by atoms with van der Waals surface area (Å²) in [6.45, 7) is 6.19. The van der Waals surface area contributed by atoms with Crippen LogP contribution in [-0.2, 0) is 4.74 Å². The van der Waals surface area contributed by atoms with Crippen molar-refractivity contribution in [2.24, 2.45) is 0 Å². The van der Waals surface area contributed by atoms with Gasteiger partial charge in [0.2, 0.25) is 0 Å². The summed E-state index contributed by atoms with van der Waals surface area (Å²) >= 11 is 12.2. The molecular formula is C12H17Cl2NO. The molecule has 1 aromatic carbocycles. The number of benzene rings is 1. The fourth-order valence-corrected chi connectivity index (χ4v) is 1.97. The standard InChI is InChI=1S/C12H17Cl2NO/c1-3-15-11(8-16-4-2)9-6-5-7-10(13)12(9)14/h5-7,11,15H,3-4,8H2,1-2H3. The summed E-state index contributed by atoms with van der Waals surface area (Å²) < 4.78 is 5.43. The van der Waals surface area contributed by atoms with E-state index in [2.05, 4.69) is 12.2 Å². The Balaban J connectivity index is 2.86. The zero-order chi connectivity index (χ0) is 12.0. The molecule has 0 bridgehead atoms. The highest BCUT2D eigenvalue weighted by Gasteiger charge is 2.15. The Hall–Kier alpha value is -0.280. The van der Waals surface area contributed by atoms with Gasteiger partial charge in [-0.25, -0.2) is 0 Å². The van der Waals surface area contributed by atoms with Crippen LogP contribution in [0.2, 0.25) is 10.0 Å². The molecule has 0 saturated heterocycles. The number of likely N-dealkylation sites (N-methyl/N-ethyl adjacent to an activating group) is 1. The van der Waals surface area contributed by atoms with E-state index in [9.17, 15) is 0 Å². The second-order valence-electron chi connectivity index (χ2n) is 3.41. The Kier molecular flexibility index (Phi) is 6.14. The zero-order valence-electron chi connectivity index (χ0n) is 9.59. The molecule has 0 radical (unpaired) electrons. The van der Waals surface area contributed by atoms with Gasteiger partial charge in [-0.05, 0) is 25.1 Å². The Morgan fingerprint density at radius 2 is 2.06 bits per heavy atom. The molecule has 1 atom stereocenters. The third-order valence-corrected chi connectivity index (χ3v) is 3.13. The molecule has 4 heteroatoms. The molecule has 0 aliphatic carbocycles. The van der Waals surface area contributed by atoms with Crippen LogP contribution >= 0.6 is 23.2 Å². The molecule has 0 aromatic heterocycles. The number of halogens is 2. The molecular weight excluding hydrogens is 245 g/mol. The number of nitrogens with one attached hydrogen (secondary N) is 1. The number of rotatable bonds is 6. The van der Waals surface area contributed by atoms with Crippen molar-refractivity contribution in [2.75, 3.05) is 19.8 Å². The highest BCUT2D eigenvalue weighted by Crippen LogP contribution is 2.30. The minimum atomic E-state index is 0.0937. The van der Waals surface area contributed by atoms with Crippen LogP contribution in [0.1, 0.15) is 25.5 Å². The van der Waals surface area contributed by atoms with E-state index >= 15 is 0 Å². The lowest BCUT2D eigenvalue weighted by molar-refractivity contribution is 0.123. The van der Waals surface area contributed by atoms with E-state index in [4.69, 9.17) is 27.9 Å². The lowest BCUT2D eigenvalue weighted by atomic mass is 10.1. The Morgan fingerprint density at radius 1 is 1.31 bits per heavy atom. The van der Waals surface area contributed by atoms with Gasteiger partial charge in [-0.1, -0.05) is 42.3 Å². The van der Waals surface area contributed by atoms with E-state index < -0.39 is 0 Å². The van der Waals surface area contributed by atoms with E-state index in [1.807, 2.05) is 19.1 Å². The average molecular weight is 262 g/mol. The molecule has 1 N–H and O–H groups in total. The lowest BCUT2D eigenvalue weighted by Gasteiger charge is -2.19. The predicted molar refractivity (Wildman–Crippen MR) is 69.4 cm³/mol. The normalized spacial score (nSPS) is 12.8. The number of hydrogen-bond acceptors (Lipinski definition) is 2. The van der Waals surface area contributed by atoms with Crippen molar-refractivity contribution in [3.63, 3.8) is 0 Å². The summed E-state index contributed by atoms with van der Waals surface area (Å²) in [7, 11) is 0. The first-order valence-corrected chi connectivity index (χ1v) is 6.21. The van der Waals surface area contributed by atoms with Gasteiger partial charge in [-0.3, -0.25) is 0 Å². The van der Waals surface area contributed by atoms with Gasteiger partial charge in [0, 0.05) is 6.61 Å². The highest BCUT2D eigenvalue weighted by molar-refractivity contribution is 6.42. The molecule has 1 unspecified atom stereocenters. The number of hydrogen-bond donors (Lipinski definition) is 1. The van der Waals surface area contributed by atoms with Gasteiger partial charge >= 0.3 is 0 Å². The topological polar surface area (TPSA) is 21.3 Å². The first-order valence-electron chi connectivity index (χ1n) is 5.45. The van der Waals surface area contributed by atoms with Crippen molar-refractivity contribution < 1.29 is 4.74 Å². The Bertz CT molecular complexity index is 331. The third-order valence-electron chi connectivity index (χ3n) is 2.30. The summed E-state index contributed by atoms with van der Waals surface area (Å²) in [5.41, 5.74) is 0.990. The second kappa shape index (κ2) is 7.13. The van der Waals surface area contributed by atoms with E-state index in [0.29, 0.717) is 23.3 Å². The maximum absolute atomic E-state index is 6.18. The van der Waals surface area contributed by atoms with Crippen LogP contribution in [0.5, 0.6) is 0 Å². The molecule has 0 heterocycles. The van der Waals surface area contributed by atoms with Crippen LogP contribution in [-0.4, -0.2) is 19.8 Å². The first kappa shape index (κ1) is 13.8. The summed E-state index contributed by atoms with van der Waals surface area (Å²) in [6.07, 6.45) is 0. The minimum absolute atomic E-state index is 0.0937. The van der Waals surface area contributed by atoms with Crippen LogP contribution in [0.3, 0.4) is 0 Å². The first-order chi connectivity index (χ1) is 7.70. The molecule has 0 saturated carbocycles. The van der Waals surface area contributed by atoms with Crippen molar-refractivity contribution in [2.45, 2.75) is 19.9 Å². The third kappa shape index (κ3) is 3.63. The zero-order valence-corrected chi connectivity index (χ0v) is 11.1. The maximum atomic E-state index is 6.18. The van der Waals surface area contributed by atoms with Gasteiger partial charge < -0.3 is 10.1 Å². The Labute approximate surface area is 107 Å². The molecule has 16 heavy (non-hydrogen) atoms. The predicted octanol–water partition coefficient (Wildman–Crippen LogP) is 3.68. The molecule has 0 aliphatic heterocycles. The maximum Gasteiger partial charge on any atom is 0.0661 e. The number of ether oxygens (including phenoxy) is 1. The average Bonchev–Trinajstić information content (AvgIpc) is 2.28. The van der Waals surface area contributed by atoms with Gasteiger partial charge in [-0.2, -0.15) is 0 Å². The van der Waals surface area contributed by atoms with Crippen molar-refractivity contribution in [1.82, 2.24) is 5.32 Å².